The molecule has 0 saturated heterocycles. The fraction of sp³-hybridized carbons (Fsp3) is 0.143. The van der Waals surface area contributed by atoms with E-state index in [0.717, 1.165) is 5.69 Å². The zero-order valence-electron chi connectivity index (χ0n) is 16.3. The van der Waals surface area contributed by atoms with Gasteiger partial charge in [-0.15, -0.1) is 0 Å². The van der Waals surface area contributed by atoms with E-state index in [2.05, 4.69) is 10.4 Å². The Hall–Kier alpha value is -4.14. The Kier molecular flexibility index (Phi) is 6.11. The predicted octanol–water partition coefficient (Wildman–Crippen LogP) is 2.58. The zero-order chi connectivity index (χ0) is 21.7. The fourth-order valence-corrected chi connectivity index (χ4v) is 2.64. The Morgan fingerprint density at radius 3 is 2.53 bits per heavy atom. The van der Waals surface area contributed by atoms with Crippen LogP contribution in [-0.4, -0.2) is 46.3 Å². The van der Waals surface area contributed by atoms with Crippen LogP contribution in [0.15, 0.2) is 54.7 Å². The lowest BCUT2D eigenvalue weighted by Gasteiger charge is -2.08. The monoisotopic (exact) mass is 409 g/mol. The van der Waals surface area contributed by atoms with E-state index in [1.807, 2.05) is 30.3 Å². The summed E-state index contributed by atoms with van der Waals surface area (Å²) in [6, 6.07) is 13.1. The Morgan fingerprint density at radius 1 is 1.13 bits per heavy atom. The molecular formula is C21H19N3O6. The van der Waals surface area contributed by atoms with Crippen molar-refractivity contribution in [3.8, 4) is 17.2 Å². The number of ketones is 1. The molecule has 1 amide bonds. The molecule has 0 aliphatic heterocycles. The third kappa shape index (κ3) is 4.64. The van der Waals surface area contributed by atoms with Gasteiger partial charge in [-0.05, 0) is 30.3 Å². The first kappa shape index (κ1) is 20.6. The van der Waals surface area contributed by atoms with Gasteiger partial charge < -0.3 is 19.9 Å². The van der Waals surface area contributed by atoms with Gasteiger partial charge >= 0.3 is 5.97 Å². The van der Waals surface area contributed by atoms with Crippen LogP contribution in [0.25, 0.3) is 5.69 Å². The number of hydrogen-bond acceptors (Lipinski definition) is 7. The number of nitrogens with one attached hydrogen (secondary N) is 1. The van der Waals surface area contributed by atoms with E-state index in [0.29, 0.717) is 0 Å². The lowest BCUT2D eigenvalue weighted by molar-refractivity contribution is -0.114. The molecule has 0 aliphatic rings. The first-order valence-electron chi connectivity index (χ1n) is 8.89. The second-order valence-electron chi connectivity index (χ2n) is 6.24. The minimum absolute atomic E-state index is 0.0706. The van der Waals surface area contributed by atoms with Crippen molar-refractivity contribution in [2.45, 2.75) is 6.92 Å². The zero-order valence-corrected chi connectivity index (χ0v) is 16.3. The summed E-state index contributed by atoms with van der Waals surface area (Å²) in [5.74, 6) is -1.72. The SMILES string of the molecule is COc1cn(-c2ccccc2)nc1C(=O)OCC(=O)c1ccc(O)c(NC(C)=O)c1. The highest BCUT2D eigenvalue weighted by Crippen LogP contribution is 2.25. The molecule has 2 aromatic carbocycles. The molecule has 0 radical (unpaired) electrons. The smallest absolute Gasteiger partial charge is 0.363 e. The quantitative estimate of drug-likeness (QED) is 0.350. The maximum absolute atomic E-state index is 12.4. The number of para-hydroxylation sites is 1. The number of ether oxygens (including phenoxy) is 2. The van der Waals surface area contributed by atoms with E-state index in [1.54, 1.807) is 0 Å². The number of nitrogens with zero attached hydrogens (tertiary/aromatic N) is 2. The maximum Gasteiger partial charge on any atom is 0.363 e. The van der Waals surface area contributed by atoms with Crippen LogP contribution in [0.1, 0.15) is 27.8 Å². The number of amides is 1. The van der Waals surface area contributed by atoms with Crippen LogP contribution in [0.4, 0.5) is 5.69 Å². The average Bonchev–Trinajstić information content (AvgIpc) is 3.18. The molecule has 9 heteroatoms. The highest BCUT2D eigenvalue weighted by atomic mass is 16.5. The van der Waals surface area contributed by atoms with Crippen LogP contribution < -0.4 is 10.1 Å². The van der Waals surface area contributed by atoms with Crippen molar-refractivity contribution < 1.29 is 29.0 Å². The number of benzene rings is 2. The van der Waals surface area contributed by atoms with Gasteiger partial charge in [0.05, 0.1) is 24.7 Å². The molecule has 3 rings (SSSR count). The Labute approximate surface area is 171 Å². The molecule has 0 atom stereocenters. The molecule has 0 saturated carbocycles. The second kappa shape index (κ2) is 8.91. The van der Waals surface area contributed by atoms with E-state index in [-0.39, 0.29) is 28.4 Å². The van der Waals surface area contributed by atoms with Gasteiger partial charge in [-0.1, -0.05) is 18.2 Å². The predicted molar refractivity (Wildman–Crippen MR) is 107 cm³/mol. The molecule has 0 spiro atoms. The number of aromatic hydroxyl groups is 1. The molecule has 1 heterocycles. The van der Waals surface area contributed by atoms with Gasteiger partial charge in [-0.3, -0.25) is 9.59 Å². The standard InChI is InChI=1S/C21H19N3O6/c1-13(25)22-16-10-14(8-9-17(16)26)18(27)12-30-21(28)20-19(29-2)11-24(23-20)15-6-4-3-5-7-15/h3-11,26H,12H2,1-2H3,(H,22,25). The summed E-state index contributed by atoms with van der Waals surface area (Å²) < 4.78 is 11.8. The summed E-state index contributed by atoms with van der Waals surface area (Å²) in [5, 5.41) is 16.4. The van der Waals surface area contributed by atoms with Gasteiger partial charge in [-0.2, -0.15) is 5.10 Å². The number of Topliss-reactive ketones (excluding diaryl/α,β-unsaturated/α-hetero) is 1. The minimum atomic E-state index is -0.823. The molecule has 154 valence electrons. The summed E-state index contributed by atoms with van der Waals surface area (Å²) in [6.45, 7) is 0.724. The largest absolute Gasteiger partial charge is 0.506 e. The van der Waals surface area contributed by atoms with E-state index < -0.39 is 24.3 Å². The van der Waals surface area contributed by atoms with Crippen LogP contribution >= 0.6 is 0 Å². The van der Waals surface area contributed by atoms with Gasteiger partial charge in [0.1, 0.15) is 5.75 Å². The molecule has 0 bridgehead atoms. The summed E-state index contributed by atoms with van der Waals surface area (Å²) in [4.78, 5) is 36.0. The van der Waals surface area contributed by atoms with Crippen LogP contribution in [-0.2, 0) is 9.53 Å². The number of anilines is 1. The van der Waals surface area contributed by atoms with Gasteiger partial charge in [0.25, 0.3) is 0 Å². The van der Waals surface area contributed by atoms with Gasteiger partial charge in [0.2, 0.25) is 11.6 Å². The number of hydrogen-bond donors (Lipinski definition) is 2. The number of phenols is 1. The lowest BCUT2D eigenvalue weighted by Crippen LogP contribution is -2.16. The number of aromatic nitrogens is 2. The fourth-order valence-electron chi connectivity index (χ4n) is 2.64. The van der Waals surface area contributed by atoms with Crippen molar-refractivity contribution >= 4 is 23.3 Å². The van der Waals surface area contributed by atoms with E-state index in [1.165, 1.54) is 43.1 Å². The van der Waals surface area contributed by atoms with Crippen molar-refractivity contribution in [3.63, 3.8) is 0 Å². The molecule has 0 aliphatic carbocycles. The topological polar surface area (TPSA) is 120 Å². The number of carbonyl (C=O) groups is 3. The first-order chi connectivity index (χ1) is 14.4. The lowest BCUT2D eigenvalue weighted by atomic mass is 10.1. The van der Waals surface area contributed by atoms with Crippen LogP contribution in [0.5, 0.6) is 11.5 Å². The summed E-state index contributed by atoms with van der Waals surface area (Å²) in [6.07, 6.45) is 1.54. The van der Waals surface area contributed by atoms with Gasteiger partial charge in [-0.25, -0.2) is 9.48 Å². The number of rotatable bonds is 7. The van der Waals surface area contributed by atoms with Gasteiger partial charge in [0, 0.05) is 12.5 Å². The third-order valence-electron chi connectivity index (χ3n) is 4.08. The molecule has 9 nitrogen and oxygen atoms in total. The van der Waals surface area contributed by atoms with Crippen molar-refractivity contribution in [1.29, 1.82) is 0 Å². The molecule has 1 aromatic heterocycles. The molecule has 0 unspecified atom stereocenters. The van der Waals surface area contributed by atoms with E-state index in [4.69, 9.17) is 9.47 Å². The van der Waals surface area contributed by atoms with Crippen molar-refractivity contribution in [3.05, 3.63) is 66.0 Å². The van der Waals surface area contributed by atoms with Crippen LogP contribution in [0.2, 0.25) is 0 Å². The number of carbonyl (C=O) groups excluding carboxylic acids is 3. The summed E-state index contributed by atoms with van der Waals surface area (Å²) in [5.41, 5.74) is 0.897. The maximum atomic E-state index is 12.4. The molecule has 2 N–H and O–H groups in total. The Bertz CT molecular complexity index is 1090. The minimum Gasteiger partial charge on any atom is -0.506 e. The highest BCUT2D eigenvalue weighted by Gasteiger charge is 2.21. The number of phenolic OH excluding ortho intramolecular Hbond substituents is 1. The van der Waals surface area contributed by atoms with Gasteiger partial charge in [0.15, 0.2) is 18.1 Å². The van der Waals surface area contributed by atoms with Crippen molar-refractivity contribution in [2.75, 3.05) is 19.0 Å². The Morgan fingerprint density at radius 2 is 1.87 bits per heavy atom. The van der Waals surface area contributed by atoms with Crippen molar-refractivity contribution in [2.24, 2.45) is 0 Å². The first-order valence-corrected chi connectivity index (χ1v) is 8.89. The average molecular weight is 409 g/mol. The normalized spacial score (nSPS) is 10.3. The molecular weight excluding hydrogens is 390 g/mol. The van der Waals surface area contributed by atoms with E-state index >= 15 is 0 Å². The summed E-state index contributed by atoms with van der Waals surface area (Å²) in [7, 11) is 1.40. The third-order valence-corrected chi connectivity index (χ3v) is 4.08. The highest BCUT2D eigenvalue weighted by molar-refractivity contribution is 6.01. The number of esters is 1. The summed E-state index contributed by atoms with van der Waals surface area (Å²) >= 11 is 0. The Balaban J connectivity index is 1.72. The van der Waals surface area contributed by atoms with Crippen molar-refractivity contribution in [1.82, 2.24) is 9.78 Å². The molecule has 30 heavy (non-hydrogen) atoms. The molecule has 0 fully saturated rings. The second-order valence-corrected chi connectivity index (χ2v) is 6.24. The van der Waals surface area contributed by atoms with E-state index in [9.17, 15) is 19.5 Å². The van der Waals surface area contributed by atoms with Crippen LogP contribution in [0.3, 0.4) is 0 Å². The molecule has 3 aromatic rings. The number of methoxy groups -OCH3 is 1. The van der Waals surface area contributed by atoms with Crippen LogP contribution in [0, 0.1) is 0 Å².